The normalized spacial score (nSPS) is 18.4. The SMILES string of the molecule is Cc1n[nH]c(C)c1S(=O)(=O)NC[C@@H](c1ccc2c(c1)OCO2)N1CCOCC1. The lowest BCUT2D eigenvalue weighted by Gasteiger charge is -2.35. The van der Waals surface area contributed by atoms with Gasteiger partial charge in [-0.3, -0.25) is 10.00 Å². The summed E-state index contributed by atoms with van der Waals surface area (Å²) in [6.45, 7) is 6.50. The van der Waals surface area contributed by atoms with Crippen molar-refractivity contribution in [1.29, 1.82) is 0 Å². The molecule has 28 heavy (non-hydrogen) atoms. The maximum atomic E-state index is 12.9. The van der Waals surface area contributed by atoms with E-state index in [-0.39, 0.29) is 24.3 Å². The van der Waals surface area contributed by atoms with Crippen molar-refractivity contribution < 1.29 is 22.6 Å². The predicted molar refractivity (Wildman–Crippen MR) is 101 cm³/mol. The van der Waals surface area contributed by atoms with Crippen LogP contribution in [-0.2, 0) is 14.8 Å². The van der Waals surface area contributed by atoms with Crippen molar-refractivity contribution in [1.82, 2.24) is 19.8 Å². The summed E-state index contributed by atoms with van der Waals surface area (Å²) in [4.78, 5) is 2.43. The first-order valence-corrected chi connectivity index (χ1v) is 10.7. The largest absolute Gasteiger partial charge is 0.454 e. The number of fused-ring (bicyclic) bond motifs is 1. The first kappa shape index (κ1) is 19.2. The minimum absolute atomic E-state index is 0.152. The lowest BCUT2D eigenvalue weighted by molar-refractivity contribution is 0.0171. The number of aromatic nitrogens is 2. The molecule has 0 bridgehead atoms. The highest BCUT2D eigenvalue weighted by Crippen LogP contribution is 2.35. The highest BCUT2D eigenvalue weighted by molar-refractivity contribution is 7.89. The molecular weight excluding hydrogens is 384 g/mol. The monoisotopic (exact) mass is 408 g/mol. The number of ether oxygens (including phenoxy) is 3. The van der Waals surface area contributed by atoms with Gasteiger partial charge < -0.3 is 14.2 Å². The van der Waals surface area contributed by atoms with Crippen molar-refractivity contribution in [2.75, 3.05) is 39.6 Å². The Bertz CT molecular complexity index is 933. The van der Waals surface area contributed by atoms with E-state index in [1.165, 1.54) is 0 Å². The highest BCUT2D eigenvalue weighted by Gasteiger charge is 2.28. The Kier molecular flexibility index (Phi) is 5.28. The van der Waals surface area contributed by atoms with Crippen molar-refractivity contribution in [2.24, 2.45) is 0 Å². The summed E-state index contributed by atoms with van der Waals surface area (Å²) in [5, 5.41) is 6.72. The quantitative estimate of drug-likeness (QED) is 0.737. The second-order valence-corrected chi connectivity index (χ2v) is 8.60. The molecule has 0 saturated carbocycles. The molecule has 0 radical (unpaired) electrons. The minimum atomic E-state index is -3.69. The van der Waals surface area contributed by atoms with Crippen LogP contribution in [0.2, 0.25) is 0 Å². The second-order valence-electron chi connectivity index (χ2n) is 6.89. The van der Waals surface area contributed by atoms with E-state index in [1.807, 2.05) is 18.2 Å². The summed E-state index contributed by atoms with van der Waals surface area (Å²) in [6, 6.07) is 5.59. The molecule has 2 N–H and O–H groups in total. The average molecular weight is 408 g/mol. The van der Waals surface area contributed by atoms with Crippen molar-refractivity contribution in [2.45, 2.75) is 24.8 Å². The average Bonchev–Trinajstić information content (AvgIpc) is 3.28. The van der Waals surface area contributed by atoms with Crippen LogP contribution in [0.3, 0.4) is 0 Å². The van der Waals surface area contributed by atoms with Gasteiger partial charge in [-0.05, 0) is 31.5 Å². The van der Waals surface area contributed by atoms with Gasteiger partial charge in [0.05, 0.1) is 24.6 Å². The minimum Gasteiger partial charge on any atom is -0.454 e. The van der Waals surface area contributed by atoms with Gasteiger partial charge in [-0.25, -0.2) is 13.1 Å². The van der Waals surface area contributed by atoms with E-state index in [4.69, 9.17) is 14.2 Å². The van der Waals surface area contributed by atoms with Crippen molar-refractivity contribution in [3.05, 3.63) is 35.2 Å². The van der Waals surface area contributed by atoms with Crippen LogP contribution in [0.1, 0.15) is 23.0 Å². The van der Waals surface area contributed by atoms with Gasteiger partial charge in [-0.1, -0.05) is 6.07 Å². The van der Waals surface area contributed by atoms with E-state index in [0.29, 0.717) is 36.1 Å². The number of nitrogens with one attached hydrogen (secondary N) is 2. The Morgan fingerprint density at radius 3 is 2.68 bits per heavy atom. The molecule has 0 spiro atoms. The zero-order valence-electron chi connectivity index (χ0n) is 15.9. The first-order chi connectivity index (χ1) is 13.5. The smallest absolute Gasteiger partial charge is 0.244 e. The van der Waals surface area contributed by atoms with Gasteiger partial charge in [0.15, 0.2) is 11.5 Å². The number of nitrogens with zero attached hydrogens (tertiary/aromatic N) is 2. The Morgan fingerprint density at radius 1 is 1.21 bits per heavy atom. The number of aryl methyl sites for hydroxylation is 2. The number of morpholine rings is 1. The van der Waals surface area contributed by atoms with Gasteiger partial charge >= 0.3 is 0 Å². The Balaban J connectivity index is 1.59. The van der Waals surface area contributed by atoms with Gasteiger partial charge in [0, 0.05) is 25.7 Å². The Labute approximate surface area is 164 Å². The van der Waals surface area contributed by atoms with Crippen LogP contribution in [0.25, 0.3) is 0 Å². The maximum Gasteiger partial charge on any atom is 0.244 e. The van der Waals surface area contributed by atoms with Crippen LogP contribution in [0.15, 0.2) is 23.1 Å². The zero-order chi connectivity index (χ0) is 19.7. The standard InChI is InChI=1S/C18H24N4O5S/c1-12-18(13(2)21-20-12)28(23,24)19-10-15(22-5-7-25-8-6-22)14-3-4-16-17(9-14)27-11-26-16/h3-4,9,15,19H,5-8,10-11H2,1-2H3,(H,20,21)/t15-/m0/s1. The number of aromatic amines is 1. The maximum absolute atomic E-state index is 12.9. The van der Waals surface area contributed by atoms with Crippen LogP contribution < -0.4 is 14.2 Å². The molecule has 1 aromatic carbocycles. The van der Waals surface area contributed by atoms with Crippen molar-refractivity contribution >= 4 is 10.0 Å². The lowest BCUT2D eigenvalue weighted by atomic mass is 10.0. The number of sulfonamides is 1. The number of hydrogen-bond donors (Lipinski definition) is 2. The van der Waals surface area contributed by atoms with Crippen LogP contribution in [0, 0.1) is 13.8 Å². The summed E-state index contributed by atoms with van der Waals surface area (Å²) in [5.41, 5.74) is 1.95. The summed E-state index contributed by atoms with van der Waals surface area (Å²) >= 11 is 0. The van der Waals surface area contributed by atoms with Gasteiger partial charge in [-0.2, -0.15) is 5.10 Å². The summed E-state index contributed by atoms with van der Waals surface area (Å²) < 4.78 is 44.9. The molecule has 1 saturated heterocycles. The molecule has 9 nitrogen and oxygen atoms in total. The van der Waals surface area contributed by atoms with E-state index < -0.39 is 10.0 Å². The van der Waals surface area contributed by atoms with E-state index in [9.17, 15) is 8.42 Å². The van der Waals surface area contributed by atoms with Crippen LogP contribution >= 0.6 is 0 Å². The third kappa shape index (κ3) is 3.72. The number of H-pyrrole nitrogens is 1. The molecule has 0 aliphatic carbocycles. The third-order valence-corrected chi connectivity index (χ3v) is 6.75. The fraction of sp³-hybridized carbons (Fsp3) is 0.500. The fourth-order valence-electron chi connectivity index (χ4n) is 3.66. The molecule has 152 valence electrons. The first-order valence-electron chi connectivity index (χ1n) is 9.18. The molecule has 3 heterocycles. The molecule has 2 aliphatic heterocycles. The molecule has 10 heteroatoms. The van der Waals surface area contributed by atoms with E-state index in [2.05, 4.69) is 19.8 Å². The Hall–Kier alpha value is -2.14. The van der Waals surface area contributed by atoms with E-state index in [1.54, 1.807) is 13.8 Å². The lowest BCUT2D eigenvalue weighted by Crippen LogP contribution is -2.43. The van der Waals surface area contributed by atoms with Gasteiger partial charge in [-0.15, -0.1) is 0 Å². The van der Waals surface area contributed by atoms with Crippen LogP contribution in [0.4, 0.5) is 0 Å². The number of benzene rings is 1. The molecule has 1 fully saturated rings. The predicted octanol–water partition coefficient (Wildman–Crippen LogP) is 1.11. The number of rotatable bonds is 6. The highest BCUT2D eigenvalue weighted by atomic mass is 32.2. The molecule has 2 aromatic rings. The van der Waals surface area contributed by atoms with Crippen molar-refractivity contribution in [3.8, 4) is 11.5 Å². The molecule has 0 unspecified atom stereocenters. The third-order valence-electron chi connectivity index (χ3n) is 5.06. The second kappa shape index (κ2) is 7.70. The van der Waals surface area contributed by atoms with E-state index in [0.717, 1.165) is 18.7 Å². The summed E-state index contributed by atoms with van der Waals surface area (Å²) in [6.07, 6.45) is 0. The molecule has 4 rings (SSSR count). The Morgan fingerprint density at radius 2 is 1.96 bits per heavy atom. The summed E-state index contributed by atoms with van der Waals surface area (Å²) in [5.74, 6) is 1.38. The zero-order valence-corrected chi connectivity index (χ0v) is 16.7. The van der Waals surface area contributed by atoms with Crippen LogP contribution in [-0.4, -0.2) is 63.2 Å². The molecule has 1 aromatic heterocycles. The van der Waals surface area contributed by atoms with Gasteiger partial charge in [0.1, 0.15) is 4.90 Å². The molecule has 2 aliphatic rings. The fourth-order valence-corrected chi connectivity index (χ4v) is 5.07. The van der Waals surface area contributed by atoms with Gasteiger partial charge in [0.25, 0.3) is 0 Å². The van der Waals surface area contributed by atoms with Crippen molar-refractivity contribution in [3.63, 3.8) is 0 Å². The molecule has 0 amide bonds. The van der Waals surface area contributed by atoms with Gasteiger partial charge in [0.2, 0.25) is 16.8 Å². The summed E-state index contributed by atoms with van der Waals surface area (Å²) in [7, 11) is -3.69. The van der Waals surface area contributed by atoms with Crippen LogP contribution in [0.5, 0.6) is 11.5 Å². The van der Waals surface area contributed by atoms with E-state index >= 15 is 0 Å². The molecular formula is C18H24N4O5S. The topological polar surface area (TPSA) is 106 Å². The number of hydrogen-bond acceptors (Lipinski definition) is 7. The molecule has 1 atom stereocenters.